The lowest BCUT2D eigenvalue weighted by Crippen LogP contribution is -2.46. The zero-order chi connectivity index (χ0) is 19.6. The van der Waals surface area contributed by atoms with Crippen molar-refractivity contribution >= 4 is 35.8 Å². The summed E-state index contributed by atoms with van der Waals surface area (Å²) >= 11 is 1.42. The molecule has 2 heterocycles. The molecule has 0 aliphatic carbocycles. The molecule has 1 aliphatic rings. The standard InChI is InChI=1S/C18H21BN2O5S/c1-10(2)16(18(23)25-7-13-8-27-9-20-13)21-17(22)14-5-4-12-6-26-19(24)15(12)11(14)3/h4-5,8-10,16,24H,6-7H2,1-3H3,(H,21,22)/t16-/m0/s1. The zero-order valence-corrected chi connectivity index (χ0v) is 16.2. The fourth-order valence-corrected chi connectivity index (χ4v) is 3.56. The highest BCUT2D eigenvalue weighted by Gasteiger charge is 2.32. The number of hydrogen-bond donors (Lipinski definition) is 2. The van der Waals surface area contributed by atoms with Crippen molar-refractivity contribution in [1.82, 2.24) is 10.3 Å². The third-order valence-electron chi connectivity index (χ3n) is 4.55. The Morgan fingerprint density at radius 2 is 2.22 bits per heavy atom. The van der Waals surface area contributed by atoms with Crippen LogP contribution in [0.1, 0.15) is 41.0 Å². The van der Waals surface area contributed by atoms with E-state index in [2.05, 4.69) is 10.3 Å². The first kappa shape index (κ1) is 19.5. The maximum atomic E-state index is 12.8. The van der Waals surface area contributed by atoms with E-state index < -0.39 is 25.0 Å². The summed E-state index contributed by atoms with van der Waals surface area (Å²) in [5.41, 5.74) is 4.87. The van der Waals surface area contributed by atoms with Crippen molar-refractivity contribution in [1.29, 1.82) is 0 Å². The number of benzene rings is 1. The van der Waals surface area contributed by atoms with Crippen molar-refractivity contribution in [2.45, 2.75) is 40.0 Å². The normalized spacial score (nSPS) is 14.2. The minimum absolute atomic E-state index is 0.0722. The Morgan fingerprint density at radius 1 is 1.44 bits per heavy atom. The summed E-state index contributed by atoms with van der Waals surface area (Å²) < 4.78 is 10.5. The van der Waals surface area contributed by atoms with Gasteiger partial charge in [-0.3, -0.25) is 4.79 Å². The molecule has 1 aliphatic heterocycles. The van der Waals surface area contributed by atoms with Gasteiger partial charge in [0, 0.05) is 10.9 Å². The van der Waals surface area contributed by atoms with Crippen molar-refractivity contribution in [3.63, 3.8) is 0 Å². The first-order valence-corrected chi connectivity index (χ1v) is 9.59. The molecule has 0 unspecified atom stereocenters. The average Bonchev–Trinajstić information content (AvgIpc) is 3.27. The largest absolute Gasteiger partial charge is 0.492 e. The number of esters is 1. The van der Waals surface area contributed by atoms with Crippen LogP contribution in [-0.4, -0.2) is 35.0 Å². The molecule has 1 amide bonds. The van der Waals surface area contributed by atoms with Gasteiger partial charge in [-0.15, -0.1) is 11.3 Å². The molecule has 0 bridgehead atoms. The molecule has 2 N–H and O–H groups in total. The molecule has 0 radical (unpaired) electrons. The predicted octanol–water partition coefficient (Wildman–Crippen LogP) is 1.17. The second-order valence-corrected chi connectivity index (χ2v) is 7.48. The van der Waals surface area contributed by atoms with Crippen LogP contribution in [0.3, 0.4) is 0 Å². The topological polar surface area (TPSA) is 97.8 Å². The summed E-state index contributed by atoms with van der Waals surface area (Å²) in [7, 11) is -1.03. The first-order chi connectivity index (χ1) is 12.9. The van der Waals surface area contributed by atoms with E-state index in [0.29, 0.717) is 28.9 Å². The van der Waals surface area contributed by atoms with Gasteiger partial charge in [0.15, 0.2) is 0 Å². The van der Waals surface area contributed by atoms with Crippen molar-refractivity contribution in [2.24, 2.45) is 5.92 Å². The SMILES string of the molecule is Cc1c(C(=O)N[C@H](C(=O)OCc2cscn2)C(C)C)ccc2c1B(O)OC2. The summed E-state index contributed by atoms with van der Waals surface area (Å²) in [4.78, 5) is 29.3. The van der Waals surface area contributed by atoms with Crippen LogP contribution in [0.25, 0.3) is 0 Å². The van der Waals surface area contributed by atoms with E-state index in [4.69, 9.17) is 9.39 Å². The molecule has 142 valence electrons. The first-order valence-electron chi connectivity index (χ1n) is 8.65. The minimum Gasteiger partial charge on any atom is -0.458 e. The molecule has 1 aromatic heterocycles. The summed E-state index contributed by atoms with van der Waals surface area (Å²) in [6.45, 7) is 5.82. The van der Waals surface area contributed by atoms with Gasteiger partial charge in [0.2, 0.25) is 0 Å². The Morgan fingerprint density at radius 3 is 2.89 bits per heavy atom. The molecule has 1 atom stereocenters. The molecule has 3 rings (SSSR count). The van der Waals surface area contributed by atoms with E-state index in [0.717, 1.165) is 5.56 Å². The lowest BCUT2D eigenvalue weighted by molar-refractivity contribution is -0.148. The van der Waals surface area contributed by atoms with Gasteiger partial charge >= 0.3 is 13.1 Å². The van der Waals surface area contributed by atoms with Gasteiger partial charge in [-0.1, -0.05) is 19.9 Å². The van der Waals surface area contributed by atoms with E-state index in [-0.39, 0.29) is 12.5 Å². The molecule has 7 nitrogen and oxygen atoms in total. The highest BCUT2D eigenvalue weighted by Crippen LogP contribution is 2.17. The second-order valence-electron chi connectivity index (χ2n) is 6.76. The molecule has 27 heavy (non-hydrogen) atoms. The molecule has 0 saturated heterocycles. The summed E-state index contributed by atoms with van der Waals surface area (Å²) in [6, 6.07) is 2.66. The van der Waals surface area contributed by atoms with Crippen LogP contribution in [0, 0.1) is 12.8 Å². The smallest absolute Gasteiger partial charge is 0.458 e. The number of carbonyl (C=O) groups excluding carboxylic acids is 2. The van der Waals surface area contributed by atoms with E-state index in [9.17, 15) is 14.6 Å². The Kier molecular flexibility index (Phi) is 5.93. The molecule has 0 spiro atoms. The maximum Gasteiger partial charge on any atom is 0.492 e. The lowest BCUT2D eigenvalue weighted by Gasteiger charge is -2.21. The van der Waals surface area contributed by atoms with Crippen LogP contribution in [0.4, 0.5) is 0 Å². The van der Waals surface area contributed by atoms with Gasteiger partial charge in [-0.2, -0.15) is 0 Å². The molecule has 1 aromatic carbocycles. The Labute approximate surface area is 161 Å². The Balaban J connectivity index is 1.72. The molecule has 9 heteroatoms. The van der Waals surface area contributed by atoms with E-state index in [1.54, 1.807) is 29.9 Å². The Bertz CT molecular complexity index is 841. The van der Waals surface area contributed by atoms with Crippen molar-refractivity contribution < 1.29 is 24.0 Å². The van der Waals surface area contributed by atoms with Crippen molar-refractivity contribution in [2.75, 3.05) is 0 Å². The van der Waals surface area contributed by atoms with Gasteiger partial charge in [-0.25, -0.2) is 9.78 Å². The summed E-state index contributed by atoms with van der Waals surface area (Å²) in [5, 5.41) is 14.5. The van der Waals surface area contributed by atoms with Gasteiger partial charge in [0.05, 0.1) is 17.8 Å². The number of carbonyl (C=O) groups is 2. The number of fused-ring (bicyclic) bond motifs is 1. The van der Waals surface area contributed by atoms with Gasteiger partial charge < -0.3 is 19.7 Å². The van der Waals surface area contributed by atoms with Crippen LogP contribution in [0.5, 0.6) is 0 Å². The Hall–Kier alpha value is -2.23. The maximum absolute atomic E-state index is 12.8. The molecular weight excluding hydrogens is 367 g/mol. The van der Waals surface area contributed by atoms with E-state index in [1.807, 2.05) is 13.8 Å². The monoisotopic (exact) mass is 388 g/mol. The summed E-state index contributed by atoms with van der Waals surface area (Å²) in [6.07, 6.45) is 0. The molecular formula is C18H21BN2O5S. The highest BCUT2D eigenvalue weighted by atomic mass is 32.1. The molecule has 2 aromatic rings. The second kappa shape index (κ2) is 8.20. The number of hydrogen-bond acceptors (Lipinski definition) is 7. The van der Waals surface area contributed by atoms with Crippen LogP contribution in [0.2, 0.25) is 0 Å². The van der Waals surface area contributed by atoms with Crippen molar-refractivity contribution in [3.05, 3.63) is 45.4 Å². The highest BCUT2D eigenvalue weighted by molar-refractivity contribution is 7.07. The van der Waals surface area contributed by atoms with Crippen molar-refractivity contribution in [3.8, 4) is 0 Å². The van der Waals surface area contributed by atoms with Gasteiger partial charge in [0.25, 0.3) is 5.91 Å². The number of rotatable bonds is 6. The number of amides is 1. The number of aromatic nitrogens is 1. The fourth-order valence-electron chi connectivity index (χ4n) is 3.01. The zero-order valence-electron chi connectivity index (χ0n) is 15.4. The van der Waals surface area contributed by atoms with Crippen LogP contribution in [0.15, 0.2) is 23.0 Å². The number of nitrogens with one attached hydrogen (secondary N) is 1. The predicted molar refractivity (Wildman–Crippen MR) is 102 cm³/mol. The van der Waals surface area contributed by atoms with E-state index >= 15 is 0 Å². The number of ether oxygens (including phenoxy) is 1. The number of thiazole rings is 1. The van der Waals surface area contributed by atoms with Crippen LogP contribution >= 0.6 is 11.3 Å². The fraction of sp³-hybridized carbons (Fsp3) is 0.389. The minimum atomic E-state index is -1.03. The van der Waals surface area contributed by atoms with E-state index in [1.165, 1.54) is 11.3 Å². The summed E-state index contributed by atoms with van der Waals surface area (Å²) in [5.74, 6) is -1.05. The van der Waals surface area contributed by atoms with Crippen LogP contribution in [-0.2, 0) is 27.4 Å². The lowest BCUT2D eigenvalue weighted by atomic mass is 9.75. The van der Waals surface area contributed by atoms with Crippen LogP contribution < -0.4 is 10.8 Å². The van der Waals surface area contributed by atoms with Gasteiger partial charge in [-0.05, 0) is 35.5 Å². The van der Waals surface area contributed by atoms with Gasteiger partial charge in [0.1, 0.15) is 12.6 Å². The average molecular weight is 388 g/mol. The third kappa shape index (κ3) is 4.21. The number of nitrogens with zero attached hydrogens (tertiary/aromatic N) is 1. The molecule has 0 fully saturated rings. The molecule has 0 saturated carbocycles. The third-order valence-corrected chi connectivity index (χ3v) is 5.18. The quantitative estimate of drug-likeness (QED) is 0.570.